The molecule has 0 bridgehead atoms. The number of ether oxygens (including phenoxy) is 1. The van der Waals surface area contributed by atoms with E-state index in [2.05, 4.69) is 0 Å². The third-order valence-corrected chi connectivity index (χ3v) is 6.90. The first-order valence-electron chi connectivity index (χ1n) is 9.82. The Morgan fingerprint density at radius 1 is 1.27 bits per heavy atom. The average molecular weight is 436 g/mol. The Morgan fingerprint density at radius 3 is 2.63 bits per heavy atom. The van der Waals surface area contributed by atoms with Crippen LogP contribution < -0.4 is 4.74 Å². The molecule has 1 fully saturated rings. The van der Waals surface area contributed by atoms with Crippen LogP contribution in [0.15, 0.2) is 48.5 Å². The molecule has 0 aromatic heterocycles. The molecule has 1 saturated heterocycles. The van der Waals surface area contributed by atoms with E-state index in [0.717, 1.165) is 5.56 Å². The maximum Gasteiger partial charge on any atom is 0.159 e. The molecule has 0 aliphatic carbocycles. The summed E-state index contributed by atoms with van der Waals surface area (Å²) in [6.07, 6.45) is -0.368. The van der Waals surface area contributed by atoms with Crippen LogP contribution in [0, 0.1) is 5.82 Å². The van der Waals surface area contributed by atoms with E-state index in [0.29, 0.717) is 24.3 Å². The van der Waals surface area contributed by atoms with Crippen LogP contribution in [0.1, 0.15) is 29.3 Å². The van der Waals surface area contributed by atoms with Gasteiger partial charge in [-0.25, -0.2) is 12.8 Å². The molecule has 0 radical (unpaired) electrons. The Balaban J connectivity index is 1.65. The number of sulfone groups is 1. The van der Waals surface area contributed by atoms with Crippen LogP contribution in [-0.2, 0) is 16.4 Å². The van der Waals surface area contributed by atoms with E-state index >= 15 is 0 Å². The minimum absolute atomic E-state index is 0.000740. The lowest BCUT2D eigenvalue weighted by molar-refractivity contribution is 0.0524. The van der Waals surface area contributed by atoms with Crippen LogP contribution in [-0.4, -0.2) is 61.0 Å². The van der Waals surface area contributed by atoms with Gasteiger partial charge < -0.3 is 9.84 Å². The smallest absolute Gasteiger partial charge is 0.159 e. The molecule has 1 N–H and O–H groups in total. The Bertz CT molecular complexity index is 977. The molecule has 1 aliphatic rings. The molecule has 0 spiro atoms. The number of Topliss-reactive ketones (excluding diaryl/α,β-unsaturated/α-hetero) is 1. The van der Waals surface area contributed by atoms with Crippen molar-refractivity contribution in [3.05, 3.63) is 65.5 Å². The maximum absolute atomic E-state index is 13.2. The van der Waals surface area contributed by atoms with Crippen molar-refractivity contribution < 1.29 is 27.4 Å². The normalized spacial score (nSPS) is 19.0. The molecule has 162 valence electrons. The molecule has 0 amide bonds. The number of halogens is 1. The highest BCUT2D eigenvalue weighted by Crippen LogP contribution is 2.21. The highest BCUT2D eigenvalue weighted by molar-refractivity contribution is 7.91. The number of ketones is 1. The van der Waals surface area contributed by atoms with Crippen LogP contribution in [0.2, 0.25) is 0 Å². The van der Waals surface area contributed by atoms with Crippen molar-refractivity contribution in [2.24, 2.45) is 0 Å². The van der Waals surface area contributed by atoms with Crippen molar-refractivity contribution in [3.8, 4) is 5.75 Å². The van der Waals surface area contributed by atoms with Crippen molar-refractivity contribution in [3.63, 3.8) is 0 Å². The van der Waals surface area contributed by atoms with Crippen molar-refractivity contribution >= 4 is 15.6 Å². The molecule has 6 nitrogen and oxygen atoms in total. The molecule has 0 saturated carbocycles. The SMILES string of the molecule is CC(=O)c1cccc(OCC(O)CN(Cc2ccc(F)cc2)C2CCS(=O)(=O)C2)c1. The van der Waals surface area contributed by atoms with Gasteiger partial charge in [0.05, 0.1) is 11.5 Å². The standard InChI is InChI=1S/C22H26FNO5S/c1-16(25)18-3-2-4-22(11-18)29-14-21(26)13-24(20-9-10-30(27,28)15-20)12-17-5-7-19(23)8-6-17/h2-8,11,20-21,26H,9-10,12-15H2,1H3. The third-order valence-electron chi connectivity index (χ3n) is 5.15. The van der Waals surface area contributed by atoms with Gasteiger partial charge in [-0.15, -0.1) is 0 Å². The lowest BCUT2D eigenvalue weighted by Crippen LogP contribution is -2.42. The predicted octanol–water partition coefficient (Wildman–Crippen LogP) is 2.46. The predicted molar refractivity (Wildman–Crippen MR) is 112 cm³/mol. The summed E-state index contributed by atoms with van der Waals surface area (Å²) in [7, 11) is -3.09. The Morgan fingerprint density at radius 2 is 2.00 bits per heavy atom. The van der Waals surface area contributed by atoms with Crippen LogP contribution in [0.25, 0.3) is 0 Å². The number of rotatable bonds is 9. The van der Waals surface area contributed by atoms with Crippen molar-refractivity contribution in [1.82, 2.24) is 4.90 Å². The van der Waals surface area contributed by atoms with Crippen LogP contribution in [0.5, 0.6) is 5.75 Å². The topological polar surface area (TPSA) is 83.9 Å². The fourth-order valence-corrected chi connectivity index (χ4v) is 5.31. The third kappa shape index (κ3) is 6.35. The van der Waals surface area contributed by atoms with Crippen LogP contribution in [0.4, 0.5) is 4.39 Å². The van der Waals surface area contributed by atoms with E-state index in [9.17, 15) is 22.7 Å². The Hall–Kier alpha value is -2.29. The Kier molecular flexibility index (Phi) is 7.23. The fraction of sp³-hybridized carbons (Fsp3) is 0.409. The maximum atomic E-state index is 13.2. The second-order valence-electron chi connectivity index (χ2n) is 7.66. The average Bonchev–Trinajstić information content (AvgIpc) is 3.07. The van der Waals surface area contributed by atoms with Crippen LogP contribution >= 0.6 is 0 Å². The number of hydrogen-bond acceptors (Lipinski definition) is 6. The van der Waals surface area contributed by atoms with Gasteiger partial charge in [-0.2, -0.15) is 0 Å². The quantitative estimate of drug-likeness (QED) is 0.609. The molecule has 2 aromatic rings. The minimum Gasteiger partial charge on any atom is -0.491 e. The molecule has 30 heavy (non-hydrogen) atoms. The zero-order valence-electron chi connectivity index (χ0n) is 16.8. The molecular formula is C22H26FNO5S. The first-order chi connectivity index (χ1) is 14.2. The van der Waals surface area contributed by atoms with Crippen molar-refractivity contribution in [1.29, 1.82) is 0 Å². The highest BCUT2D eigenvalue weighted by Gasteiger charge is 2.33. The zero-order chi connectivity index (χ0) is 21.7. The second kappa shape index (κ2) is 9.68. The van der Waals surface area contributed by atoms with Gasteiger partial charge in [-0.3, -0.25) is 9.69 Å². The molecule has 1 heterocycles. The molecular weight excluding hydrogens is 409 g/mol. The number of hydrogen-bond donors (Lipinski definition) is 1. The minimum atomic E-state index is -3.09. The number of aliphatic hydroxyl groups excluding tert-OH is 1. The summed E-state index contributed by atoms with van der Waals surface area (Å²) in [5.74, 6) is 0.240. The van der Waals surface area contributed by atoms with Gasteiger partial charge >= 0.3 is 0 Å². The van der Waals surface area contributed by atoms with Crippen molar-refractivity contribution in [2.75, 3.05) is 24.7 Å². The van der Waals surface area contributed by atoms with Gasteiger partial charge in [0, 0.05) is 24.7 Å². The largest absolute Gasteiger partial charge is 0.491 e. The van der Waals surface area contributed by atoms with Gasteiger partial charge in [0.1, 0.15) is 24.3 Å². The first kappa shape index (κ1) is 22.4. The zero-order valence-corrected chi connectivity index (χ0v) is 17.6. The molecule has 2 unspecified atom stereocenters. The molecule has 8 heteroatoms. The summed E-state index contributed by atoms with van der Waals surface area (Å²) in [6, 6.07) is 12.5. The van der Waals surface area contributed by atoms with E-state index in [1.165, 1.54) is 19.1 Å². The van der Waals surface area contributed by atoms with Gasteiger partial charge in [0.2, 0.25) is 0 Å². The lowest BCUT2D eigenvalue weighted by atomic mass is 10.1. The van der Waals surface area contributed by atoms with E-state index in [1.807, 2.05) is 4.90 Å². The number of benzene rings is 2. The van der Waals surface area contributed by atoms with E-state index in [4.69, 9.17) is 4.74 Å². The Labute approximate surface area is 176 Å². The van der Waals surface area contributed by atoms with E-state index < -0.39 is 15.9 Å². The van der Waals surface area contributed by atoms with Crippen LogP contribution in [0.3, 0.4) is 0 Å². The summed E-state index contributed by atoms with van der Waals surface area (Å²) in [5.41, 5.74) is 1.36. The molecule has 3 rings (SSSR count). The van der Waals surface area contributed by atoms with Gasteiger partial charge in [0.15, 0.2) is 15.6 Å². The summed E-state index contributed by atoms with van der Waals surface area (Å²) in [6.45, 7) is 2.08. The number of nitrogens with zero attached hydrogens (tertiary/aromatic N) is 1. The second-order valence-corrected chi connectivity index (χ2v) is 9.89. The summed E-state index contributed by atoms with van der Waals surface area (Å²) in [5, 5.41) is 10.5. The fourth-order valence-electron chi connectivity index (χ4n) is 3.55. The monoisotopic (exact) mass is 435 g/mol. The molecule has 2 aromatic carbocycles. The summed E-state index contributed by atoms with van der Waals surface area (Å²) >= 11 is 0. The highest BCUT2D eigenvalue weighted by atomic mass is 32.2. The lowest BCUT2D eigenvalue weighted by Gasteiger charge is -2.30. The van der Waals surface area contributed by atoms with Crippen molar-refractivity contribution in [2.45, 2.75) is 32.0 Å². The summed E-state index contributed by atoms with van der Waals surface area (Å²) in [4.78, 5) is 13.4. The van der Waals surface area contributed by atoms with Gasteiger partial charge in [0.25, 0.3) is 0 Å². The molecule has 1 aliphatic heterocycles. The van der Waals surface area contributed by atoms with E-state index in [1.54, 1.807) is 36.4 Å². The number of carbonyl (C=O) groups is 1. The summed E-state index contributed by atoms with van der Waals surface area (Å²) < 4.78 is 42.7. The number of carbonyl (C=O) groups excluding carboxylic acids is 1. The van der Waals surface area contributed by atoms with Gasteiger partial charge in [-0.05, 0) is 43.2 Å². The van der Waals surface area contributed by atoms with E-state index in [-0.39, 0.29) is 42.3 Å². The van der Waals surface area contributed by atoms with Gasteiger partial charge in [-0.1, -0.05) is 24.3 Å². The number of aliphatic hydroxyl groups is 1. The first-order valence-corrected chi connectivity index (χ1v) is 11.6. The molecule has 2 atom stereocenters.